The van der Waals surface area contributed by atoms with Gasteiger partial charge in [-0.15, -0.1) is 0 Å². The van der Waals surface area contributed by atoms with E-state index in [1.165, 1.54) is 0 Å². The molecule has 1 amide bonds. The van der Waals surface area contributed by atoms with E-state index >= 15 is 0 Å². The third-order valence-electron chi connectivity index (χ3n) is 2.71. The summed E-state index contributed by atoms with van der Waals surface area (Å²) in [6.07, 6.45) is 0. The molecule has 0 aromatic heterocycles. The maximum Gasteiger partial charge on any atom is 0.251 e. The molecule has 0 aliphatic rings. The first-order chi connectivity index (χ1) is 8.06. The highest BCUT2D eigenvalue weighted by molar-refractivity contribution is 7.80. The van der Waals surface area contributed by atoms with E-state index in [0.717, 1.165) is 5.69 Å². The van der Waals surface area contributed by atoms with E-state index in [1.54, 1.807) is 0 Å². The summed E-state index contributed by atoms with van der Waals surface area (Å²) in [5.74, 6) is 0.609. The van der Waals surface area contributed by atoms with Crippen LogP contribution in [0.25, 0.3) is 0 Å². The Bertz CT molecular complexity index is 362. The molecule has 1 rings (SSSR count). The third-order valence-corrected chi connectivity index (χ3v) is 2.93. The van der Waals surface area contributed by atoms with Gasteiger partial charge in [0.25, 0.3) is 5.91 Å². The molecule has 0 spiro atoms. The molecule has 0 atom stereocenters. The standard InChI is InChI=1S/C13H20N2OS/c1-10(2)15(3)12-6-4-11(5-7-12)13(16)14-8-9-17/h4-7,10,17H,8-9H2,1-3H3,(H,14,16). The normalized spacial score (nSPS) is 10.4. The number of hydrogen-bond donors (Lipinski definition) is 2. The SMILES string of the molecule is CC(C)N(C)c1ccc(C(=O)NCCS)cc1. The number of amides is 1. The van der Waals surface area contributed by atoms with Gasteiger partial charge in [0.1, 0.15) is 0 Å². The van der Waals surface area contributed by atoms with E-state index < -0.39 is 0 Å². The average Bonchev–Trinajstić information content (AvgIpc) is 2.35. The second kappa shape index (κ2) is 6.55. The van der Waals surface area contributed by atoms with Crippen LogP contribution >= 0.6 is 12.6 Å². The first kappa shape index (κ1) is 13.9. The zero-order valence-electron chi connectivity index (χ0n) is 10.6. The number of hydrogen-bond acceptors (Lipinski definition) is 3. The van der Waals surface area contributed by atoms with Crippen LogP contribution in [0.5, 0.6) is 0 Å². The van der Waals surface area contributed by atoms with Crippen LogP contribution in [-0.4, -0.2) is 31.3 Å². The lowest BCUT2D eigenvalue weighted by atomic mass is 10.1. The number of anilines is 1. The van der Waals surface area contributed by atoms with Crippen molar-refractivity contribution < 1.29 is 4.79 Å². The molecule has 0 bridgehead atoms. The fourth-order valence-corrected chi connectivity index (χ4v) is 1.53. The van der Waals surface area contributed by atoms with Crippen molar-refractivity contribution in [2.45, 2.75) is 19.9 Å². The van der Waals surface area contributed by atoms with Crippen molar-refractivity contribution in [1.29, 1.82) is 0 Å². The molecular weight excluding hydrogens is 232 g/mol. The molecule has 4 heteroatoms. The van der Waals surface area contributed by atoms with Gasteiger partial charge in [-0.2, -0.15) is 12.6 Å². The van der Waals surface area contributed by atoms with Crippen LogP contribution in [0.15, 0.2) is 24.3 Å². The number of nitrogens with zero attached hydrogens (tertiary/aromatic N) is 1. The van der Waals surface area contributed by atoms with Crippen molar-refractivity contribution >= 4 is 24.2 Å². The van der Waals surface area contributed by atoms with E-state index in [4.69, 9.17) is 0 Å². The summed E-state index contributed by atoms with van der Waals surface area (Å²) in [7, 11) is 2.04. The molecule has 0 aliphatic heterocycles. The molecule has 94 valence electrons. The monoisotopic (exact) mass is 252 g/mol. The quantitative estimate of drug-likeness (QED) is 0.787. The third kappa shape index (κ3) is 3.97. The zero-order valence-corrected chi connectivity index (χ0v) is 11.5. The van der Waals surface area contributed by atoms with Crippen LogP contribution in [0, 0.1) is 0 Å². The lowest BCUT2D eigenvalue weighted by Crippen LogP contribution is -2.26. The van der Waals surface area contributed by atoms with Gasteiger partial charge in [-0.3, -0.25) is 4.79 Å². The van der Waals surface area contributed by atoms with Gasteiger partial charge in [0.05, 0.1) is 0 Å². The van der Waals surface area contributed by atoms with E-state index in [1.807, 2.05) is 31.3 Å². The topological polar surface area (TPSA) is 32.3 Å². The van der Waals surface area contributed by atoms with Gasteiger partial charge >= 0.3 is 0 Å². The van der Waals surface area contributed by atoms with Crippen molar-refractivity contribution in [3.05, 3.63) is 29.8 Å². The summed E-state index contributed by atoms with van der Waals surface area (Å²) in [6.45, 7) is 4.86. The number of carbonyl (C=O) groups is 1. The molecule has 0 aliphatic carbocycles. The minimum Gasteiger partial charge on any atom is -0.372 e. The second-order valence-corrected chi connectivity index (χ2v) is 4.68. The van der Waals surface area contributed by atoms with Crippen LogP contribution in [-0.2, 0) is 0 Å². The molecule has 0 saturated heterocycles. The van der Waals surface area contributed by atoms with Crippen molar-refractivity contribution in [2.24, 2.45) is 0 Å². The van der Waals surface area contributed by atoms with Crippen molar-refractivity contribution in [2.75, 3.05) is 24.2 Å². The summed E-state index contributed by atoms with van der Waals surface area (Å²) < 4.78 is 0. The van der Waals surface area contributed by atoms with Crippen LogP contribution in [0.3, 0.4) is 0 Å². The number of benzene rings is 1. The Morgan fingerprint density at radius 2 is 1.94 bits per heavy atom. The van der Waals surface area contributed by atoms with Gasteiger partial charge in [-0.1, -0.05) is 0 Å². The maximum absolute atomic E-state index is 11.7. The highest BCUT2D eigenvalue weighted by Crippen LogP contribution is 2.15. The van der Waals surface area contributed by atoms with E-state index in [9.17, 15) is 4.79 Å². The molecule has 1 aromatic carbocycles. The molecule has 0 heterocycles. The Morgan fingerprint density at radius 3 is 2.41 bits per heavy atom. The van der Waals surface area contributed by atoms with E-state index in [-0.39, 0.29) is 5.91 Å². The minimum atomic E-state index is -0.0437. The number of rotatable bonds is 5. The largest absolute Gasteiger partial charge is 0.372 e. The molecule has 1 N–H and O–H groups in total. The zero-order chi connectivity index (χ0) is 12.8. The summed E-state index contributed by atoms with van der Waals surface area (Å²) in [4.78, 5) is 13.8. The Balaban J connectivity index is 2.71. The van der Waals surface area contributed by atoms with Gasteiger partial charge in [0.2, 0.25) is 0 Å². The molecule has 0 radical (unpaired) electrons. The van der Waals surface area contributed by atoms with Gasteiger partial charge in [-0.25, -0.2) is 0 Å². The number of nitrogens with one attached hydrogen (secondary N) is 1. The fourth-order valence-electron chi connectivity index (χ4n) is 1.42. The summed E-state index contributed by atoms with van der Waals surface area (Å²) in [5.41, 5.74) is 1.80. The van der Waals surface area contributed by atoms with Gasteiger partial charge < -0.3 is 10.2 Å². The first-order valence-electron chi connectivity index (χ1n) is 5.78. The summed E-state index contributed by atoms with van der Waals surface area (Å²) in [6, 6.07) is 8.08. The maximum atomic E-state index is 11.7. The molecule has 0 fully saturated rings. The predicted molar refractivity (Wildman–Crippen MR) is 76.2 cm³/mol. The van der Waals surface area contributed by atoms with Crippen LogP contribution in [0.1, 0.15) is 24.2 Å². The van der Waals surface area contributed by atoms with Crippen LogP contribution < -0.4 is 10.2 Å². The Labute approximate surface area is 109 Å². The smallest absolute Gasteiger partial charge is 0.251 e. The highest BCUT2D eigenvalue weighted by Gasteiger charge is 2.07. The molecule has 3 nitrogen and oxygen atoms in total. The summed E-state index contributed by atoms with van der Waals surface area (Å²) >= 11 is 4.05. The van der Waals surface area contributed by atoms with Crippen LogP contribution in [0.4, 0.5) is 5.69 Å². The Hall–Kier alpha value is -1.16. The van der Waals surface area contributed by atoms with Gasteiger partial charge in [0, 0.05) is 36.6 Å². The molecule has 0 saturated carbocycles. The lowest BCUT2D eigenvalue weighted by Gasteiger charge is -2.23. The van der Waals surface area contributed by atoms with Crippen molar-refractivity contribution in [3.8, 4) is 0 Å². The molecular formula is C13H20N2OS. The number of carbonyl (C=O) groups excluding carboxylic acids is 1. The van der Waals surface area contributed by atoms with Crippen LogP contribution in [0.2, 0.25) is 0 Å². The first-order valence-corrected chi connectivity index (χ1v) is 6.41. The summed E-state index contributed by atoms with van der Waals surface area (Å²) in [5, 5.41) is 2.79. The van der Waals surface area contributed by atoms with E-state index in [2.05, 4.69) is 36.7 Å². The number of thiol groups is 1. The average molecular weight is 252 g/mol. The van der Waals surface area contributed by atoms with Crippen molar-refractivity contribution in [1.82, 2.24) is 5.32 Å². The van der Waals surface area contributed by atoms with Gasteiger partial charge in [0.15, 0.2) is 0 Å². The minimum absolute atomic E-state index is 0.0437. The van der Waals surface area contributed by atoms with Gasteiger partial charge in [-0.05, 0) is 38.1 Å². The van der Waals surface area contributed by atoms with E-state index in [0.29, 0.717) is 23.9 Å². The molecule has 17 heavy (non-hydrogen) atoms. The Kier molecular flexibility index (Phi) is 5.35. The lowest BCUT2D eigenvalue weighted by molar-refractivity contribution is 0.0956. The fraction of sp³-hybridized carbons (Fsp3) is 0.462. The van der Waals surface area contributed by atoms with Crippen molar-refractivity contribution in [3.63, 3.8) is 0 Å². The highest BCUT2D eigenvalue weighted by atomic mass is 32.1. The second-order valence-electron chi connectivity index (χ2n) is 4.23. The Morgan fingerprint density at radius 1 is 1.35 bits per heavy atom. The molecule has 1 aromatic rings. The molecule has 0 unspecified atom stereocenters. The predicted octanol–water partition coefficient (Wildman–Crippen LogP) is 2.19.